The number of hydrogen-bond acceptors (Lipinski definition) is 4. The fraction of sp³-hybridized carbons (Fsp3) is 0.182. The fourth-order valence-corrected chi connectivity index (χ4v) is 1.99. The van der Waals surface area contributed by atoms with Gasteiger partial charge in [0.1, 0.15) is 0 Å². The number of rotatable bonds is 3. The summed E-state index contributed by atoms with van der Waals surface area (Å²) in [5.41, 5.74) is 7.02. The number of aromatic nitrogens is 1. The molecule has 0 amide bonds. The van der Waals surface area contributed by atoms with E-state index >= 15 is 0 Å². The molecule has 18 heavy (non-hydrogen) atoms. The van der Waals surface area contributed by atoms with E-state index in [4.69, 9.17) is 5.73 Å². The Balaban J connectivity index is 2.15. The van der Waals surface area contributed by atoms with E-state index in [0.717, 1.165) is 11.8 Å². The Labute approximate surface area is 105 Å². The van der Waals surface area contributed by atoms with Crippen LogP contribution in [0.4, 0.5) is 24.5 Å². The van der Waals surface area contributed by atoms with Crippen molar-refractivity contribution in [3.63, 3.8) is 0 Å². The molecule has 0 bridgehead atoms. The number of anilines is 2. The Morgan fingerprint density at radius 3 is 2.72 bits per heavy atom. The second-order valence-electron chi connectivity index (χ2n) is 3.63. The zero-order valence-corrected chi connectivity index (χ0v) is 9.98. The first-order valence-electron chi connectivity index (χ1n) is 5.04. The molecular formula is C11H10F3N3S. The molecule has 1 heterocycles. The van der Waals surface area contributed by atoms with Gasteiger partial charge in [-0.1, -0.05) is 0 Å². The van der Waals surface area contributed by atoms with Gasteiger partial charge in [0.2, 0.25) is 0 Å². The summed E-state index contributed by atoms with van der Waals surface area (Å²) < 4.78 is 37.9. The SMILES string of the molecule is Nc1ccc(NCc2cscn2)cc1C(F)(F)F. The van der Waals surface area contributed by atoms with E-state index in [1.54, 1.807) is 5.51 Å². The summed E-state index contributed by atoms with van der Waals surface area (Å²) in [6, 6.07) is 3.75. The lowest BCUT2D eigenvalue weighted by Crippen LogP contribution is -2.10. The molecule has 3 nitrogen and oxygen atoms in total. The number of hydrogen-bond donors (Lipinski definition) is 2. The van der Waals surface area contributed by atoms with Crippen molar-refractivity contribution in [1.82, 2.24) is 4.98 Å². The Bertz CT molecular complexity index is 523. The van der Waals surface area contributed by atoms with E-state index in [9.17, 15) is 13.2 Å². The van der Waals surface area contributed by atoms with Crippen LogP contribution >= 0.6 is 11.3 Å². The minimum atomic E-state index is -4.44. The highest BCUT2D eigenvalue weighted by molar-refractivity contribution is 7.07. The van der Waals surface area contributed by atoms with Crippen LogP contribution in [0.15, 0.2) is 29.1 Å². The van der Waals surface area contributed by atoms with Crippen LogP contribution in [0.2, 0.25) is 0 Å². The molecule has 3 N–H and O–H groups in total. The Morgan fingerprint density at radius 1 is 1.33 bits per heavy atom. The lowest BCUT2D eigenvalue weighted by Gasteiger charge is -2.12. The molecule has 0 aliphatic heterocycles. The van der Waals surface area contributed by atoms with Crippen molar-refractivity contribution in [2.45, 2.75) is 12.7 Å². The smallest absolute Gasteiger partial charge is 0.398 e. The molecule has 0 spiro atoms. The fourth-order valence-electron chi connectivity index (χ4n) is 1.43. The van der Waals surface area contributed by atoms with Gasteiger partial charge in [0, 0.05) is 16.8 Å². The van der Waals surface area contributed by atoms with Crippen LogP contribution in [-0.2, 0) is 12.7 Å². The average Bonchev–Trinajstić information content (AvgIpc) is 2.79. The van der Waals surface area contributed by atoms with Gasteiger partial charge in [0.15, 0.2) is 0 Å². The Kier molecular flexibility index (Phi) is 3.42. The molecular weight excluding hydrogens is 263 g/mol. The topological polar surface area (TPSA) is 50.9 Å². The minimum Gasteiger partial charge on any atom is -0.398 e. The number of nitrogens with one attached hydrogen (secondary N) is 1. The predicted molar refractivity (Wildman–Crippen MR) is 65.3 cm³/mol. The van der Waals surface area contributed by atoms with Crippen molar-refractivity contribution < 1.29 is 13.2 Å². The first-order chi connectivity index (χ1) is 8.47. The third kappa shape index (κ3) is 2.92. The van der Waals surface area contributed by atoms with Crippen molar-refractivity contribution in [1.29, 1.82) is 0 Å². The van der Waals surface area contributed by atoms with Crippen LogP contribution in [0.5, 0.6) is 0 Å². The molecule has 1 aromatic heterocycles. The number of benzene rings is 1. The zero-order valence-electron chi connectivity index (χ0n) is 9.16. The number of nitrogens with zero attached hydrogens (tertiary/aromatic N) is 1. The maximum absolute atomic E-state index is 12.6. The summed E-state index contributed by atoms with van der Waals surface area (Å²) in [7, 11) is 0. The number of halogens is 3. The van der Waals surface area contributed by atoms with Crippen LogP contribution in [0.1, 0.15) is 11.3 Å². The van der Waals surface area contributed by atoms with Crippen LogP contribution in [0.3, 0.4) is 0 Å². The standard InChI is InChI=1S/C11H10F3N3S/c12-11(13,14)9-3-7(1-2-10(9)15)16-4-8-5-18-6-17-8/h1-3,5-6,16H,4,15H2. The van der Waals surface area contributed by atoms with Gasteiger partial charge in [-0.25, -0.2) is 4.98 Å². The normalized spacial score (nSPS) is 11.5. The largest absolute Gasteiger partial charge is 0.418 e. The van der Waals surface area contributed by atoms with Crippen molar-refractivity contribution in [2.24, 2.45) is 0 Å². The molecule has 0 saturated carbocycles. The molecule has 7 heteroatoms. The van der Waals surface area contributed by atoms with Crippen molar-refractivity contribution >= 4 is 22.7 Å². The van der Waals surface area contributed by atoms with Crippen LogP contribution in [-0.4, -0.2) is 4.98 Å². The van der Waals surface area contributed by atoms with Gasteiger partial charge in [0.05, 0.1) is 23.3 Å². The molecule has 96 valence electrons. The van der Waals surface area contributed by atoms with Gasteiger partial charge in [-0.2, -0.15) is 13.2 Å². The summed E-state index contributed by atoms with van der Waals surface area (Å²) in [5.74, 6) is 0. The zero-order chi connectivity index (χ0) is 13.2. The van der Waals surface area contributed by atoms with Crippen molar-refractivity contribution in [3.05, 3.63) is 40.3 Å². The van der Waals surface area contributed by atoms with Gasteiger partial charge >= 0.3 is 6.18 Å². The summed E-state index contributed by atoms with van der Waals surface area (Å²) in [6.45, 7) is 0.380. The quantitative estimate of drug-likeness (QED) is 0.843. The highest BCUT2D eigenvalue weighted by atomic mass is 32.1. The van der Waals surface area contributed by atoms with E-state index in [2.05, 4.69) is 10.3 Å². The van der Waals surface area contributed by atoms with Crippen LogP contribution in [0.25, 0.3) is 0 Å². The lowest BCUT2D eigenvalue weighted by molar-refractivity contribution is -0.136. The van der Waals surface area contributed by atoms with Gasteiger partial charge in [-0.3, -0.25) is 0 Å². The van der Waals surface area contributed by atoms with E-state index in [-0.39, 0.29) is 5.69 Å². The van der Waals surface area contributed by atoms with E-state index < -0.39 is 11.7 Å². The molecule has 2 aromatic rings. The molecule has 0 aliphatic rings. The van der Waals surface area contributed by atoms with Gasteiger partial charge in [0.25, 0.3) is 0 Å². The predicted octanol–water partition coefficient (Wildman–Crippen LogP) is 3.36. The summed E-state index contributed by atoms with van der Waals surface area (Å²) >= 11 is 1.43. The second kappa shape index (κ2) is 4.85. The molecule has 0 atom stereocenters. The van der Waals surface area contributed by atoms with Gasteiger partial charge in [-0.15, -0.1) is 11.3 Å². The highest BCUT2D eigenvalue weighted by Gasteiger charge is 2.33. The lowest BCUT2D eigenvalue weighted by atomic mass is 10.1. The van der Waals surface area contributed by atoms with E-state index in [0.29, 0.717) is 12.2 Å². The summed E-state index contributed by atoms with van der Waals surface area (Å²) in [4.78, 5) is 4.03. The first kappa shape index (κ1) is 12.7. The molecule has 1 aromatic carbocycles. The number of nitrogens with two attached hydrogens (primary N) is 1. The number of nitrogen functional groups attached to an aromatic ring is 1. The Morgan fingerprint density at radius 2 is 2.11 bits per heavy atom. The van der Waals surface area contributed by atoms with Crippen LogP contribution in [0, 0.1) is 0 Å². The monoisotopic (exact) mass is 273 g/mol. The van der Waals surface area contributed by atoms with Gasteiger partial charge in [-0.05, 0) is 18.2 Å². The second-order valence-corrected chi connectivity index (χ2v) is 4.35. The Hall–Kier alpha value is -1.76. The molecule has 0 saturated heterocycles. The maximum atomic E-state index is 12.6. The van der Waals surface area contributed by atoms with Crippen molar-refractivity contribution in [2.75, 3.05) is 11.1 Å². The maximum Gasteiger partial charge on any atom is 0.418 e. The highest BCUT2D eigenvalue weighted by Crippen LogP contribution is 2.35. The van der Waals surface area contributed by atoms with Crippen LogP contribution < -0.4 is 11.1 Å². The summed E-state index contributed by atoms with van der Waals surface area (Å²) in [5, 5.41) is 4.70. The average molecular weight is 273 g/mol. The minimum absolute atomic E-state index is 0.276. The number of thiazole rings is 1. The van der Waals surface area contributed by atoms with E-state index in [1.807, 2.05) is 5.38 Å². The van der Waals surface area contributed by atoms with Crippen molar-refractivity contribution in [3.8, 4) is 0 Å². The molecule has 0 fully saturated rings. The molecule has 0 aliphatic carbocycles. The third-order valence-electron chi connectivity index (χ3n) is 2.32. The number of alkyl halides is 3. The van der Waals surface area contributed by atoms with Gasteiger partial charge < -0.3 is 11.1 Å². The summed E-state index contributed by atoms with van der Waals surface area (Å²) in [6.07, 6.45) is -4.44. The molecule has 0 radical (unpaired) electrons. The van der Waals surface area contributed by atoms with E-state index in [1.165, 1.54) is 23.5 Å². The molecule has 2 rings (SSSR count). The first-order valence-corrected chi connectivity index (χ1v) is 5.99. The third-order valence-corrected chi connectivity index (χ3v) is 2.95. The molecule has 0 unspecified atom stereocenters.